The largest absolute Gasteiger partial charge is 0.494 e. The average Bonchev–Trinajstić information content (AvgIpc) is 2.89. The number of anilines is 1. The summed E-state index contributed by atoms with van der Waals surface area (Å²) in [6.07, 6.45) is 0.594. The monoisotopic (exact) mass is 460 g/mol. The van der Waals surface area contributed by atoms with Crippen LogP contribution >= 0.6 is 0 Å². The first kappa shape index (κ1) is 22.0. The molecule has 1 fully saturated rings. The highest BCUT2D eigenvalue weighted by Crippen LogP contribution is 2.34. The fourth-order valence-electron chi connectivity index (χ4n) is 4.29. The highest BCUT2D eigenvalue weighted by Gasteiger charge is 2.37. The van der Waals surface area contributed by atoms with Gasteiger partial charge in [-0.1, -0.05) is 12.1 Å². The van der Waals surface area contributed by atoms with Crippen LogP contribution in [0.1, 0.15) is 13.8 Å². The second kappa shape index (κ2) is 9.59. The summed E-state index contributed by atoms with van der Waals surface area (Å²) < 4.78 is 17.4. The molecule has 1 saturated heterocycles. The molecule has 8 heteroatoms. The maximum absolute atomic E-state index is 13.2. The zero-order chi connectivity index (χ0) is 23.5. The summed E-state index contributed by atoms with van der Waals surface area (Å²) in [5.74, 6) is 2.94. The third-order valence-corrected chi connectivity index (χ3v) is 6.11. The predicted octanol–water partition coefficient (Wildman–Crippen LogP) is 3.42. The number of carbonyl (C=O) groups is 1. The van der Waals surface area contributed by atoms with Crippen molar-refractivity contribution in [3.05, 3.63) is 60.9 Å². The van der Waals surface area contributed by atoms with E-state index in [1.807, 2.05) is 73.3 Å². The highest BCUT2D eigenvalue weighted by molar-refractivity contribution is 5.82. The third-order valence-electron chi connectivity index (χ3n) is 6.11. The van der Waals surface area contributed by atoms with Gasteiger partial charge in [0.2, 0.25) is 6.10 Å². The van der Waals surface area contributed by atoms with Gasteiger partial charge in [0.25, 0.3) is 5.91 Å². The fraction of sp³-hybridized carbons (Fsp3) is 0.346. The molecule has 2 aliphatic heterocycles. The first-order valence-electron chi connectivity index (χ1n) is 11.6. The van der Waals surface area contributed by atoms with Crippen molar-refractivity contribution in [1.29, 1.82) is 0 Å². The van der Waals surface area contributed by atoms with Crippen LogP contribution in [-0.4, -0.2) is 65.8 Å². The topological polar surface area (TPSA) is 77.0 Å². The van der Waals surface area contributed by atoms with E-state index in [1.54, 1.807) is 6.33 Å². The summed E-state index contributed by atoms with van der Waals surface area (Å²) in [5.41, 5.74) is 1.86. The van der Waals surface area contributed by atoms with Gasteiger partial charge < -0.3 is 24.0 Å². The molecule has 3 aromatic rings. The minimum atomic E-state index is -0.647. The number of nitrogens with zero attached hydrogens (tertiary/aromatic N) is 4. The number of piperazine rings is 1. The Kier molecular flexibility index (Phi) is 6.20. The highest BCUT2D eigenvalue weighted by atomic mass is 16.6. The summed E-state index contributed by atoms with van der Waals surface area (Å²) in [6, 6.07) is 17.3. The number of benzene rings is 2. The number of ether oxygens (including phenoxy) is 3. The lowest BCUT2D eigenvalue weighted by atomic mass is 10.1. The van der Waals surface area contributed by atoms with Gasteiger partial charge in [-0.3, -0.25) is 4.79 Å². The summed E-state index contributed by atoms with van der Waals surface area (Å²) in [7, 11) is 0. The van der Waals surface area contributed by atoms with Crippen LogP contribution in [0.15, 0.2) is 60.9 Å². The lowest BCUT2D eigenvalue weighted by Crippen LogP contribution is -2.56. The summed E-state index contributed by atoms with van der Waals surface area (Å²) in [6.45, 7) is 7.03. The van der Waals surface area contributed by atoms with E-state index in [2.05, 4.69) is 14.9 Å². The zero-order valence-corrected chi connectivity index (χ0v) is 19.4. The van der Waals surface area contributed by atoms with Gasteiger partial charge >= 0.3 is 0 Å². The van der Waals surface area contributed by atoms with Crippen molar-refractivity contribution in [3.8, 4) is 28.5 Å². The Hall–Kier alpha value is -3.81. The molecule has 3 heterocycles. The Balaban J connectivity index is 1.22. The summed E-state index contributed by atoms with van der Waals surface area (Å²) >= 11 is 0. The van der Waals surface area contributed by atoms with Crippen molar-refractivity contribution in [2.45, 2.75) is 26.1 Å². The maximum Gasteiger partial charge on any atom is 0.267 e. The Bertz CT molecular complexity index is 1150. The van der Waals surface area contributed by atoms with Gasteiger partial charge in [-0.25, -0.2) is 9.97 Å². The van der Waals surface area contributed by atoms with Crippen LogP contribution in [0.4, 0.5) is 5.82 Å². The molecule has 0 radical (unpaired) electrons. The molecule has 1 amide bonds. The molecule has 176 valence electrons. The first-order chi connectivity index (χ1) is 16.6. The Morgan fingerprint density at radius 2 is 1.71 bits per heavy atom. The van der Waals surface area contributed by atoms with Gasteiger partial charge in [-0.15, -0.1) is 0 Å². The van der Waals surface area contributed by atoms with E-state index < -0.39 is 6.10 Å². The maximum atomic E-state index is 13.2. The van der Waals surface area contributed by atoms with Crippen LogP contribution < -0.4 is 19.1 Å². The molecule has 1 aromatic heterocycles. The van der Waals surface area contributed by atoms with Gasteiger partial charge in [0.1, 0.15) is 24.0 Å². The van der Waals surface area contributed by atoms with Gasteiger partial charge in [0.15, 0.2) is 11.5 Å². The number of hydrogen-bond donors (Lipinski definition) is 0. The van der Waals surface area contributed by atoms with E-state index in [1.165, 1.54) is 0 Å². The average molecular weight is 461 g/mol. The summed E-state index contributed by atoms with van der Waals surface area (Å²) in [4.78, 5) is 26.1. The molecular weight excluding hydrogens is 432 g/mol. The standard InChI is InChI=1S/C26H28N4O4/c1-3-32-20-10-8-19(9-11-20)21-16-24(28-17-27-21)29-12-14-30(15-13-29)26(31)25-18(2)33-22-6-4-5-7-23(22)34-25/h4-11,16-18,25H,3,12-15H2,1-2H3. The normalized spacial score (nSPS) is 19.6. The molecule has 0 saturated carbocycles. The molecular formula is C26H28N4O4. The van der Waals surface area contributed by atoms with Crippen molar-refractivity contribution in [3.63, 3.8) is 0 Å². The molecule has 0 spiro atoms. The first-order valence-corrected chi connectivity index (χ1v) is 11.6. The second-order valence-electron chi connectivity index (χ2n) is 8.34. The van der Waals surface area contributed by atoms with Crippen molar-refractivity contribution < 1.29 is 19.0 Å². The number of aromatic nitrogens is 2. The lowest BCUT2D eigenvalue weighted by Gasteiger charge is -2.39. The number of hydrogen-bond acceptors (Lipinski definition) is 7. The molecule has 2 aromatic carbocycles. The van der Waals surface area contributed by atoms with E-state index in [9.17, 15) is 4.79 Å². The minimum absolute atomic E-state index is 0.0422. The molecule has 2 aliphatic rings. The van der Waals surface area contributed by atoms with Crippen molar-refractivity contribution >= 4 is 11.7 Å². The van der Waals surface area contributed by atoms with E-state index >= 15 is 0 Å². The van der Waals surface area contributed by atoms with Crippen LogP contribution in [0.3, 0.4) is 0 Å². The van der Waals surface area contributed by atoms with Crippen molar-refractivity contribution in [1.82, 2.24) is 14.9 Å². The Labute approximate surface area is 199 Å². The smallest absolute Gasteiger partial charge is 0.267 e. The Morgan fingerprint density at radius 3 is 2.41 bits per heavy atom. The van der Waals surface area contributed by atoms with Crippen LogP contribution in [0.5, 0.6) is 17.2 Å². The van der Waals surface area contributed by atoms with Crippen molar-refractivity contribution in [2.24, 2.45) is 0 Å². The zero-order valence-electron chi connectivity index (χ0n) is 19.4. The van der Waals surface area contributed by atoms with E-state index in [-0.39, 0.29) is 12.0 Å². The molecule has 2 atom stereocenters. The predicted molar refractivity (Wildman–Crippen MR) is 128 cm³/mol. The fourth-order valence-corrected chi connectivity index (χ4v) is 4.29. The van der Waals surface area contributed by atoms with Crippen LogP contribution in [-0.2, 0) is 4.79 Å². The van der Waals surface area contributed by atoms with Gasteiger partial charge in [-0.05, 0) is 50.2 Å². The molecule has 0 N–H and O–H groups in total. The number of para-hydroxylation sites is 2. The lowest BCUT2D eigenvalue weighted by molar-refractivity contribution is -0.144. The molecule has 0 aliphatic carbocycles. The number of rotatable bonds is 5. The number of fused-ring (bicyclic) bond motifs is 1. The van der Waals surface area contributed by atoms with Gasteiger partial charge in [0.05, 0.1) is 12.3 Å². The van der Waals surface area contributed by atoms with Gasteiger partial charge in [-0.2, -0.15) is 0 Å². The molecule has 34 heavy (non-hydrogen) atoms. The van der Waals surface area contributed by atoms with E-state index in [0.29, 0.717) is 44.3 Å². The molecule has 8 nitrogen and oxygen atoms in total. The molecule has 5 rings (SSSR count). The van der Waals surface area contributed by atoms with E-state index in [0.717, 1.165) is 22.8 Å². The minimum Gasteiger partial charge on any atom is -0.494 e. The molecule has 0 bridgehead atoms. The SMILES string of the molecule is CCOc1ccc(-c2cc(N3CCN(C(=O)C4Oc5ccccc5OC4C)CC3)ncn2)cc1. The molecule has 2 unspecified atom stereocenters. The summed E-state index contributed by atoms with van der Waals surface area (Å²) in [5, 5.41) is 0. The van der Waals surface area contributed by atoms with Crippen LogP contribution in [0.25, 0.3) is 11.3 Å². The number of amides is 1. The quantitative estimate of drug-likeness (QED) is 0.577. The van der Waals surface area contributed by atoms with E-state index in [4.69, 9.17) is 14.2 Å². The van der Waals surface area contributed by atoms with Crippen LogP contribution in [0.2, 0.25) is 0 Å². The number of carbonyl (C=O) groups excluding carboxylic acids is 1. The Morgan fingerprint density at radius 1 is 1.00 bits per heavy atom. The van der Waals surface area contributed by atoms with Crippen LogP contribution in [0, 0.1) is 0 Å². The van der Waals surface area contributed by atoms with Crippen molar-refractivity contribution in [2.75, 3.05) is 37.7 Å². The second-order valence-corrected chi connectivity index (χ2v) is 8.34. The van der Waals surface area contributed by atoms with Gasteiger partial charge in [0, 0.05) is 37.8 Å². The third kappa shape index (κ3) is 4.48.